The first kappa shape index (κ1) is 23.3. The summed E-state index contributed by atoms with van der Waals surface area (Å²) in [6.07, 6.45) is 2.02. The van der Waals surface area contributed by atoms with Crippen LogP contribution < -0.4 is 0 Å². The Labute approximate surface area is 205 Å². The average molecular weight is 505 g/mol. The van der Waals surface area contributed by atoms with Crippen molar-refractivity contribution in [2.75, 3.05) is 19.6 Å². The quantitative estimate of drug-likeness (QED) is 0.674. The number of rotatable bonds is 5. The number of halogens is 3. The highest BCUT2D eigenvalue weighted by Gasteiger charge is 2.66. The summed E-state index contributed by atoms with van der Waals surface area (Å²) in [5, 5.41) is 9.33. The van der Waals surface area contributed by atoms with Gasteiger partial charge in [0.05, 0.1) is 11.5 Å². The third-order valence-electron chi connectivity index (χ3n) is 8.73. The van der Waals surface area contributed by atoms with Gasteiger partial charge in [0.25, 0.3) is 5.91 Å². The molecule has 1 aliphatic heterocycles. The van der Waals surface area contributed by atoms with E-state index in [4.69, 9.17) is 0 Å². The maximum Gasteiger partial charge on any atom is 0.419 e. The summed E-state index contributed by atoms with van der Waals surface area (Å²) in [6, 6.07) is 1.13. The van der Waals surface area contributed by atoms with E-state index in [1.165, 1.54) is 15.5 Å². The normalized spacial score (nSPS) is 30.1. The number of aliphatic carboxylic acids is 1. The molecule has 1 N–H and O–H groups in total. The fraction of sp³-hybridized carbons (Fsp3) is 0.600. The summed E-state index contributed by atoms with van der Waals surface area (Å²) in [7, 11) is 0. The van der Waals surface area contributed by atoms with Crippen LogP contribution in [0.1, 0.15) is 66.6 Å². The van der Waals surface area contributed by atoms with Crippen molar-refractivity contribution in [2.24, 2.45) is 17.8 Å². The van der Waals surface area contributed by atoms with E-state index >= 15 is 0 Å². The molecule has 2 aromatic rings. The van der Waals surface area contributed by atoms with Crippen LogP contribution in [0.25, 0.3) is 5.65 Å². The molecular formula is C25H27F3N4O4. The number of alkyl halides is 3. The van der Waals surface area contributed by atoms with E-state index in [1.54, 1.807) is 11.1 Å². The van der Waals surface area contributed by atoms with Crippen molar-refractivity contribution in [2.45, 2.75) is 56.7 Å². The Balaban J connectivity index is 1.20. The second-order valence-corrected chi connectivity index (χ2v) is 10.8. The lowest BCUT2D eigenvalue weighted by Crippen LogP contribution is -2.60. The van der Waals surface area contributed by atoms with E-state index in [2.05, 4.69) is 4.98 Å². The minimum absolute atomic E-state index is 0.0937. The van der Waals surface area contributed by atoms with E-state index < -0.39 is 29.2 Å². The SMILES string of the molecule is CCC1(N2CCN(C(=O)c3cn4cc(C5CC5)cc(C(F)(F)F)c4n3)CC2=O)CC2C(C1)C2C(=O)O. The third-order valence-corrected chi connectivity index (χ3v) is 8.73. The molecule has 0 radical (unpaired) electrons. The highest BCUT2D eigenvalue weighted by Crippen LogP contribution is 2.63. The van der Waals surface area contributed by atoms with Gasteiger partial charge in [-0.2, -0.15) is 13.2 Å². The molecule has 0 spiro atoms. The Bertz CT molecular complexity index is 1270. The first-order valence-electron chi connectivity index (χ1n) is 12.4. The number of carbonyl (C=O) groups is 3. The molecule has 6 rings (SSSR count). The number of carboxylic acids is 1. The zero-order valence-corrected chi connectivity index (χ0v) is 19.8. The van der Waals surface area contributed by atoms with Gasteiger partial charge in [0.2, 0.25) is 5.91 Å². The van der Waals surface area contributed by atoms with Gasteiger partial charge in [0.1, 0.15) is 17.9 Å². The second kappa shape index (κ2) is 7.69. The standard InChI is InChI=1S/C25H27F3N4O4/c1-2-24(8-15-16(9-24)20(15)23(35)36)32-6-5-30(12-19(32)33)22(34)18-11-31-10-14(13-3-4-13)7-17(21(31)29-18)25(26,27)28/h7,10-11,13,15-16,20H,2-6,8-9,12H2,1H3,(H,35,36). The highest BCUT2D eigenvalue weighted by atomic mass is 19.4. The van der Waals surface area contributed by atoms with Gasteiger partial charge in [0, 0.05) is 31.0 Å². The van der Waals surface area contributed by atoms with Crippen molar-refractivity contribution in [3.63, 3.8) is 0 Å². The number of hydrogen-bond donors (Lipinski definition) is 1. The number of carboxylic acid groups (broad SMARTS) is 1. The number of piperazine rings is 1. The molecule has 2 atom stereocenters. The van der Waals surface area contributed by atoms with Crippen LogP contribution in [0.15, 0.2) is 18.5 Å². The zero-order valence-electron chi connectivity index (χ0n) is 19.8. The molecule has 36 heavy (non-hydrogen) atoms. The van der Waals surface area contributed by atoms with E-state index in [1.807, 2.05) is 6.92 Å². The number of pyridine rings is 1. The molecule has 3 saturated carbocycles. The van der Waals surface area contributed by atoms with Crippen LogP contribution in [0.4, 0.5) is 13.2 Å². The van der Waals surface area contributed by atoms with Crippen LogP contribution in [0.3, 0.4) is 0 Å². The molecule has 1 saturated heterocycles. The van der Waals surface area contributed by atoms with Crippen LogP contribution >= 0.6 is 0 Å². The van der Waals surface area contributed by atoms with Gasteiger partial charge in [-0.05, 0) is 61.5 Å². The van der Waals surface area contributed by atoms with E-state index in [0.717, 1.165) is 18.9 Å². The highest BCUT2D eigenvalue weighted by molar-refractivity contribution is 5.96. The summed E-state index contributed by atoms with van der Waals surface area (Å²) >= 11 is 0. The second-order valence-electron chi connectivity index (χ2n) is 10.8. The Morgan fingerprint density at radius 2 is 1.86 bits per heavy atom. The van der Waals surface area contributed by atoms with Crippen molar-refractivity contribution in [1.82, 2.24) is 19.2 Å². The fourth-order valence-electron chi connectivity index (χ4n) is 6.61. The van der Waals surface area contributed by atoms with Crippen LogP contribution in [-0.2, 0) is 15.8 Å². The van der Waals surface area contributed by atoms with Gasteiger partial charge in [-0.1, -0.05) is 6.92 Å². The number of aromatic nitrogens is 2. The van der Waals surface area contributed by atoms with E-state index in [9.17, 15) is 32.7 Å². The van der Waals surface area contributed by atoms with Crippen molar-refractivity contribution in [1.29, 1.82) is 0 Å². The molecule has 2 amide bonds. The van der Waals surface area contributed by atoms with Gasteiger partial charge in [-0.25, -0.2) is 4.98 Å². The van der Waals surface area contributed by atoms with E-state index in [-0.39, 0.29) is 54.0 Å². The summed E-state index contributed by atoms with van der Waals surface area (Å²) < 4.78 is 42.5. The first-order valence-corrected chi connectivity index (χ1v) is 12.4. The van der Waals surface area contributed by atoms with Crippen molar-refractivity contribution in [3.05, 3.63) is 35.3 Å². The van der Waals surface area contributed by atoms with Gasteiger partial charge >= 0.3 is 12.1 Å². The Morgan fingerprint density at radius 1 is 1.17 bits per heavy atom. The lowest BCUT2D eigenvalue weighted by molar-refractivity contribution is -0.144. The van der Waals surface area contributed by atoms with Crippen molar-refractivity contribution < 1.29 is 32.7 Å². The molecule has 2 unspecified atom stereocenters. The smallest absolute Gasteiger partial charge is 0.419 e. The maximum atomic E-state index is 13.7. The van der Waals surface area contributed by atoms with Crippen LogP contribution in [0.2, 0.25) is 0 Å². The Morgan fingerprint density at radius 3 is 2.42 bits per heavy atom. The molecule has 0 aromatic carbocycles. The van der Waals surface area contributed by atoms with Gasteiger partial charge in [0.15, 0.2) is 0 Å². The van der Waals surface area contributed by atoms with Gasteiger partial charge in [-0.15, -0.1) is 0 Å². The molecule has 4 aliphatic rings. The average Bonchev–Trinajstić information content (AvgIpc) is 3.71. The molecular weight excluding hydrogens is 477 g/mol. The number of hydrogen-bond acceptors (Lipinski definition) is 4. The van der Waals surface area contributed by atoms with Gasteiger partial charge < -0.3 is 19.3 Å². The zero-order chi connectivity index (χ0) is 25.6. The summed E-state index contributed by atoms with van der Waals surface area (Å²) in [5.74, 6) is -1.60. The molecule has 0 bridgehead atoms. The molecule has 3 aliphatic carbocycles. The summed E-state index contributed by atoms with van der Waals surface area (Å²) in [5.41, 5.74) is -1.11. The minimum atomic E-state index is -4.60. The predicted molar refractivity (Wildman–Crippen MR) is 120 cm³/mol. The summed E-state index contributed by atoms with van der Waals surface area (Å²) in [6.45, 7) is 2.38. The first-order chi connectivity index (χ1) is 17.0. The molecule has 11 heteroatoms. The van der Waals surface area contributed by atoms with Crippen LogP contribution in [0, 0.1) is 17.8 Å². The Hall–Kier alpha value is -3.11. The van der Waals surface area contributed by atoms with Gasteiger partial charge in [-0.3, -0.25) is 14.4 Å². The Kier molecular flexibility index (Phi) is 4.98. The fourth-order valence-corrected chi connectivity index (χ4v) is 6.61. The maximum absolute atomic E-state index is 13.7. The molecule has 192 valence electrons. The third kappa shape index (κ3) is 3.57. The monoisotopic (exact) mass is 504 g/mol. The van der Waals surface area contributed by atoms with Crippen LogP contribution in [0.5, 0.6) is 0 Å². The molecule has 4 fully saturated rings. The number of fused-ring (bicyclic) bond motifs is 2. The lowest BCUT2D eigenvalue weighted by Gasteiger charge is -2.46. The molecule has 8 nitrogen and oxygen atoms in total. The largest absolute Gasteiger partial charge is 0.481 e. The van der Waals surface area contributed by atoms with Crippen molar-refractivity contribution in [3.8, 4) is 0 Å². The number of nitrogens with zero attached hydrogens (tertiary/aromatic N) is 4. The van der Waals surface area contributed by atoms with E-state index in [0.29, 0.717) is 31.4 Å². The number of imidazole rings is 1. The molecule has 2 aromatic heterocycles. The minimum Gasteiger partial charge on any atom is -0.481 e. The molecule has 3 heterocycles. The lowest BCUT2D eigenvalue weighted by atomic mass is 9.85. The van der Waals surface area contributed by atoms with Crippen LogP contribution in [-0.4, -0.2) is 67.2 Å². The number of amides is 2. The topological polar surface area (TPSA) is 95.2 Å². The predicted octanol–water partition coefficient (Wildman–Crippen LogP) is 3.40. The number of carbonyl (C=O) groups excluding carboxylic acids is 2. The summed E-state index contributed by atoms with van der Waals surface area (Å²) in [4.78, 5) is 44.9. The van der Waals surface area contributed by atoms with Crippen molar-refractivity contribution >= 4 is 23.4 Å².